The molecule has 5 nitrogen and oxygen atoms in total. The molecule has 0 bridgehead atoms. The monoisotopic (exact) mass is 307 g/mol. The maximum absolute atomic E-state index is 11.2. The van der Waals surface area contributed by atoms with Crippen LogP contribution in [0.3, 0.4) is 0 Å². The van der Waals surface area contributed by atoms with Crippen molar-refractivity contribution in [3.05, 3.63) is 24.3 Å². The Bertz CT molecular complexity index is 469. The second-order valence-electron chi connectivity index (χ2n) is 2.99. The number of halogens is 1. The van der Waals surface area contributed by atoms with Gasteiger partial charge in [-0.3, -0.25) is 9.35 Å². The van der Waals surface area contributed by atoms with Gasteiger partial charge in [0.2, 0.25) is 5.91 Å². The summed E-state index contributed by atoms with van der Waals surface area (Å²) < 4.78 is 30.2. The van der Waals surface area contributed by atoms with Gasteiger partial charge < -0.3 is 5.32 Å². The Morgan fingerprint density at radius 2 is 1.88 bits per heavy atom. The van der Waals surface area contributed by atoms with E-state index in [1.165, 1.54) is 24.3 Å². The number of benzene rings is 1. The Kier molecular flexibility index (Phi) is 4.45. The van der Waals surface area contributed by atoms with Crippen LogP contribution in [0.1, 0.15) is 6.42 Å². The molecule has 1 rings (SSSR count). The van der Waals surface area contributed by atoms with Crippen LogP contribution in [-0.4, -0.2) is 24.2 Å². The summed E-state index contributed by atoms with van der Waals surface area (Å²) in [6.45, 7) is 0. The molecule has 0 aliphatic carbocycles. The maximum Gasteiger partial charge on any atom is 0.294 e. The zero-order chi connectivity index (χ0) is 12.2. The summed E-state index contributed by atoms with van der Waals surface area (Å²) in [6, 6.07) is 5.27. The number of hydrogen-bond donors (Lipinski definition) is 2. The van der Waals surface area contributed by atoms with E-state index in [0.717, 1.165) is 0 Å². The molecule has 7 heteroatoms. The van der Waals surface area contributed by atoms with Gasteiger partial charge in [0.15, 0.2) is 0 Å². The SMILES string of the molecule is O=C(CCBr)Nc1ccc(S(=O)(=O)O)cc1. The fourth-order valence-electron chi connectivity index (χ4n) is 1.02. The largest absolute Gasteiger partial charge is 0.326 e. The number of hydrogen-bond acceptors (Lipinski definition) is 3. The highest BCUT2D eigenvalue weighted by Crippen LogP contribution is 2.13. The zero-order valence-corrected chi connectivity index (χ0v) is 10.6. The first-order valence-corrected chi connectivity index (χ1v) is 6.93. The van der Waals surface area contributed by atoms with Crippen molar-refractivity contribution in [1.82, 2.24) is 0 Å². The minimum Gasteiger partial charge on any atom is -0.326 e. The van der Waals surface area contributed by atoms with Crippen molar-refractivity contribution in [1.29, 1.82) is 0 Å². The average Bonchev–Trinajstić information content (AvgIpc) is 2.17. The second-order valence-corrected chi connectivity index (χ2v) is 5.20. The lowest BCUT2D eigenvalue weighted by molar-refractivity contribution is -0.115. The lowest BCUT2D eigenvalue weighted by Gasteiger charge is -2.04. The number of anilines is 1. The van der Waals surface area contributed by atoms with Crippen molar-refractivity contribution >= 4 is 37.6 Å². The third-order valence-corrected chi connectivity index (χ3v) is 3.02. The molecular formula is C9H10BrNO4S. The average molecular weight is 308 g/mol. The van der Waals surface area contributed by atoms with Crippen molar-refractivity contribution < 1.29 is 17.8 Å². The van der Waals surface area contributed by atoms with E-state index in [2.05, 4.69) is 21.2 Å². The Morgan fingerprint density at radius 1 is 1.31 bits per heavy atom. The third-order valence-electron chi connectivity index (χ3n) is 1.76. The van der Waals surface area contributed by atoms with Gasteiger partial charge in [0.25, 0.3) is 10.1 Å². The van der Waals surface area contributed by atoms with Gasteiger partial charge in [-0.25, -0.2) is 0 Å². The fourth-order valence-corrected chi connectivity index (χ4v) is 1.86. The molecule has 0 spiro atoms. The van der Waals surface area contributed by atoms with Crippen molar-refractivity contribution in [2.24, 2.45) is 0 Å². The Morgan fingerprint density at radius 3 is 2.31 bits per heavy atom. The highest BCUT2D eigenvalue weighted by molar-refractivity contribution is 9.09. The molecule has 16 heavy (non-hydrogen) atoms. The first kappa shape index (κ1) is 13.1. The van der Waals surface area contributed by atoms with Crippen molar-refractivity contribution in [2.75, 3.05) is 10.6 Å². The van der Waals surface area contributed by atoms with E-state index in [1.54, 1.807) is 0 Å². The van der Waals surface area contributed by atoms with Crippen LogP contribution < -0.4 is 5.32 Å². The summed E-state index contributed by atoms with van der Waals surface area (Å²) in [7, 11) is -4.18. The van der Waals surface area contributed by atoms with E-state index in [9.17, 15) is 13.2 Å². The molecule has 88 valence electrons. The van der Waals surface area contributed by atoms with Gasteiger partial charge in [0.1, 0.15) is 0 Å². The first-order valence-electron chi connectivity index (χ1n) is 4.37. The molecule has 0 saturated carbocycles. The van der Waals surface area contributed by atoms with Crippen LogP contribution in [0.25, 0.3) is 0 Å². The molecule has 0 saturated heterocycles. The van der Waals surface area contributed by atoms with E-state index in [4.69, 9.17) is 4.55 Å². The summed E-state index contributed by atoms with van der Waals surface area (Å²) in [5.74, 6) is -0.170. The van der Waals surface area contributed by atoms with E-state index < -0.39 is 10.1 Å². The van der Waals surface area contributed by atoms with Crippen LogP contribution in [0.4, 0.5) is 5.69 Å². The van der Waals surface area contributed by atoms with Gasteiger partial charge in [-0.05, 0) is 24.3 Å². The van der Waals surface area contributed by atoms with E-state index in [1.807, 2.05) is 0 Å². The first-order chi connectivity index (χ1) is 7.43. The standard InChI is InChI=1S/C9H10BrNO4S/c10-6-5-9(12)11-7-1-3-8(4-2-7)16(13,14)15/h1-4H,5-6H2,(H,11,12)(H,13,14,15). The maximum atomic E-state index is 11.2. The summed E-state index contributed by atoms with van der Waals surface area (Å²) >= 11 is 3.13. The molecule has 0 radical (unpaired) electrons. The minimum absolute atomic E-state index is 0.170. The van der Waals surface area contributed by atoms with Crippen molar-refractivity contribution in [2.45, 2.75) is 11.3 Å². The lowest BCUT2D eigenvalue weighted by Crippen LogP contribution is -2.11. The van der Waals surface area contributed by atoms with Crippen LogP contribution in [0.5, 0.6) is 0 Å². The molecular weight excluding hydrogens is 298 g/mol. The van der Waals surface area contributed by atoms with Crippen LogP contribution >= 0.6 is 15.9 Å². The van der Waals surface area contributed by atoms with Crippen LogP contribution in [-0.2, 0) is 14.9 Å². The summed E-state index contributed by atoms with van der Waals surface area (Å²) in [5, 5.41) is 3.13. The molecule has 0 fully saturated rings. The summed E-state index contributed by atoms with van der Waals surface area (Å²) in [4.78, 5) is 11.0. The highest BCUT2D eigenvalue weighted by atomic mass is 79.9. The predicted octanol–water partition coefficient (Wildman–Crippen LogP) is 1.66. The minimum atomic E-state index is -4.18. The number of rotatable bonds is 4. The molecule has 0 unspecified atom stereocenters. The molecule has 1 aromatic carbocycles. The molecule has 1 aromatic rings. The van der Waals surface area contributed by atoms with E-state index >= 15 is 0 Å². The molecule has 0 heterocycles. The van der Waals surface area contributed by atoms with Crippen molar-refractivity contribution in [3.8, 4) is 0 Å². The smallest absolute Gasteiger partial charge is 0.294 e. The van der Waals surface area contributed by atoms with Gasteiger partial charge in [0.05, 0.1) is 4.90 Å². The quantitative estimate of drug-likeness (QED) is 0.654. The highest BCUT2D eigenvalue weighted by Gasteiger charge is 2.08. The number of carbonyl (C=O) groups is 1. The van der Waals surface area contributed by atoms with E-state index in [-0.39, 0.29) is 10.8 Å². The molecule has 0 aromatic heterocycles. The van der Waals surface area contributed by atoms with Crippen molar-refractivity contribution in [3.63, 3.8) is 0 Å². The van der Waals surface area contributed by atoms with Crippen LogP contribution in [0, 0.1) is 0 Å². The van der Waals surface area contributed by atoms with Crippen LogP contribution in [0.15, 0.2) is 29.2 Å². The zero-order valence-electron chi connectivity index (χ0n) is 8.18. The third kappa shape index (κ3) is 3.92. The molecule has 0 aliphatic heterocycles. The topological polar surface area (TPSA) is 83.5 Å². The van der Waals surface area contributed by atoms with Crippen LogP contribution in [0.2, 0.25) is 0 Å². The van der Waals surface area contributed by atoms with Gasteiger partial charge in [-0.2, -0.15) is 8.42 Å². The molecule has 0 atom stereocenters. The number of nitrogens with one attached hydrogen (secondary N) is 1. The van der Waals surface area contributed by atoms with Gasteiger partial charge in [-0.15, -0.1) is 0 Å². The molecule has 0 aliphatic rings. The lowest BCUT2D eigenvalue weighted by atomic mass is 10.3. The van der Waals surface area contributed by atoms with Gasteiger partial charge in [-0.1, -0.05) is 15.9 Å². The predicted molar refractivity (Wildman–Crippen MR) is 63.3 cm³/mol. The molecule has 2 N–H and O–H groups in total. The molecule has 1 amide bonds. The number of alkyl halides is 1. The Hall–Kier alpha value is -0.920. The Labute approximate surface area is 102 Å². The van der Waals surface area contributed by atoms with Gasteiger partial charge >= 0.3 is 0 Å². The Balaban J connectivity index is 2.76. The summed E-state index contributed by atoms with van der Waals surface area (Å²) in [5.41, 5.74) is 0.485. The number of amides is 1. The number of carbonyl (C=O) groups excluding carboxylic acids is 1. The van der Waals surface area contributed by atoms with Gasteiger partial charge in [0, 0.05) is 17.4 Å². The summed E-state index contributed by atoms with van der Waals surface area (Å²) in [6.07, 6.45) is 0.333. The normalized spacial score (nSPS) is 11.1. The second kappa shape index (κ2) is 5.42. The van der Waals surface area contributed by atoms with E-state index in [0.29, 0.717) is 17.4 Å². The fraction of sp³-hybridized carbons (Fsp3) is 0.222.